The summed E-state index contributed by atoms with van der Waals surface area (Å²) in [7, 11) is 0. The molecule has 0 radical (unpaired) electrons. The number of nitrogen functional groups attached to an aromatic ring is 1. The van der Waals surface area contributed by atoms with Crippen LogP contribution in [0.2, 0.25) is 5.02 Å². The lowest BCUT2D eigenvalue weighted by atomic mass is 10.2. The van der Waals surface area contributed by atoms with E-state index in [2.05, 4.69) is 9.36 Å². The number of nitrogens with two attached hydrogens (primary N) is 1. The van der Waals surface area contributed by atoms with E-state index in [0.29, 0.717) is 10.6 Å². The van der Waals surface area contributed by atoms with Crippen LogP contribution >= 0.6 is 34.9 Å². The van der Waals surface area contributed by atoms with Crippen LogP contribution in [-0.2, 0) is 0 Å². The van der Waals surface area contributed by atoms with Crippen molar-refractivity contribution in [2.24, 2.45) is 5.73 Å². The monoisotopic (exact) mass is 270 g/mol. The van der Waals surface area contributed by atoms with Gasteiger partial charge in [0, 0.05) is 10.5 Å². The molecule has 1 aromatic carbocycles. The minimum Gasteiger partial charge on any atom is -0.384 e. The average molecular weight is 271 g/mol. The lowest BCUT2D eigenvalue weighted by Crippen LogP contribution is -2.11. The highest BCUT2D eigenvalue weighted by atomic mass is 35.5. The molecule has 4 nitrogen and oxygen atoms in total. The Kier molecular flexibility index (Phi) is 3.42. The second-order valence-electron chi connectivity index (χ2n) is 2.86. The fourth-order valence-electron chi connectivity index (χ4n) is 1.09. The molecule has 1 heterocycles. The van der Waals surface area contributed by atoms with Crippen molar-refractivity contribution < 1.29 is 0 Å². The minimum absolute atomic E-state index is 0.0301. The third-order valence-corrected chi connectivity index (χ3v) is 3.79. The molecule has 2 aromatic rings. The van der Waals surface area contributed by atoms with Crippen molar-refractivity contribution in [1.82, 2.24) is 9.36 Å². The van der Waals surface area contributed by atoms with Crippen LogP contribution in [0.5, 0.6) is 0 Å². The highest BCUT2D eigenvalue weighted by Gasteiger charge is 2.06. The summed E-state index contributed by atoms with van der Waals surface area (Å²) in [6.45, 7) is 0. The highest BCUT2D eigenvalue weighted by Crippen LogP contribution is 2.30. The van der Waals surface area contributed by atoms with Gasteiger partial charge in [-0.15, -0.1) is 0 Å². The Morgan fingerprint density at radius 3 is 2.88 bits per heavy atom. The standard InChI is InChI=1S/C9H7ClN4S2/c10-7-3-5(1-2-6(7)8(11)12)15-9-13-4-14-16-9/h1-4H,(H3,11,12). The fraction of sp³-hybridized carbons (Fsp3) is 0. The first-order valence-electron chi connectivity index (χ1n) is 4.25. The number of nitrogens with one attached hydrogen (secondary N) is 1. The van der Waals surface area contributed by atoms with Gasteiger partial charge >= 0.3 is 0 Å². The van der Waals surface area contributed by atoms with Gasteiger partial charge in [0.15, 0.2) is 4.34 Å². The molecule has 0 aliphatic rings. The number of rotatable bonds is 3. The third kappa shape index (κ3) is 2.52. The van der Waals surface area contributed by atoms with Gasteiger partial charge < -0.3 is 5.73 Å². The SMILES string of the molecule is N=C(N)c1ccc(Sc2ncns2)cc1Cl. The predicted molar refractivity (Wildman–Crippen MR) is 66.5 cm³/mol. The van der Waals surface area contributed by atoms with Crippen molar-refractivity contribution in [3.05, 3.63) is 35.1 Å². The van der Waals surface area contributed by atoms with Gasteiger partial charge in [-0.05, 0) is 29.7 Å². The van der Waals surface area contributed by atoms with Crippen molar-refractivity contribution in [3.8, 4) is 0 Å². The van der Waals surface area contributed by atoms with Crippen molar-refractivity contribution >= 4 is 40.7 Å². The number of aromatic nitrogens is 2. The number of benzene rings is 1. The van der Waals surface area contributed by atoms with Gasteiger partial charge in [-0.1, -0.05) is 23.4 Å². The second-order valence-corrected chi connectivity index (χ2v) is 5.37. The van der Waals surface area contributed by atoms with Crippen LogP contribution in [-0.4, -0.2) is 15.2 Å². The van der Waals surface area contributed by atoms with E-state index in [9.17, 15) is 0 Å². The second kappa shape index (κ2) is 4.82. The summed E-state index contributed by atoms with van der Waals surface area (Å²) in [5.41, 5.74) is 5.92. The van der Waals surface area contributed by atoms with Gasteiger partial charge in [-0.3, -0.25) is 5.41 Å². The summed E-state index contributed by atoms with van der Waals surface area (Å²) >= 11 is 8.80. The number of amidine groups is 1. The van der Waals surface area contributed by atoms with Crippen molar-refractivity contribution in [1.29, 1.82) is 5.41 Å². The highest BCUT2D eigenvalue weighted by molar-refractivity contribution is 8.01. The molecule has 0 atom stereocenters. The van der Waals surface area contributed by atoms with E-state index in [1.54, 1.807) is 12.1 Å². The van der Waals surface area contributed by atoms with Gasteiger partial charge in [0.1, 0.15) is 12.2 Å². The summed E-state index contributed by atoms with van der Waals surface area (Å²) in [4.78, 5) is 5.01. The molecule has 0 fully saturated rings. The van der Waals surface area contributed by atoms with Gasteiger partial charge in [-0.2, -0.15) is 4.37 Å². The summed E-state index contributed by atoms with van der Waals surface area (Å²) in [5.74, 6) is -0.0301. The first-order chi connectivity index (χ1) is 7.66. The Morgan fingerprint density at radius 1 is 1.50 bits per heavy atom. The number of hydrogen-bond acceptors (Lipinski definition) is 5. The van der Waals surface area contributed by atoms with Crippen LogP contribution in [0.1, 0.15) is 5.56 Å². The Bertz CT molecular complexity index is 512. The number of hydrogen-bond donors (Lipinski definition) is 2. The van der Waals surface area contributed by atoms with E-state index in [1.807, 2.05) is 6.07 Å². The van der Waals surface area contributed by atoms with Gasteiger partial charge in [0.05, 0.1) is 5.02 Å². The molecular formula is C9H7ClN4S2. The maximum atomic E-state index is 7.31. The van der Waals surface area contributed by atoms with Gasteiger partial charge in [0.2, 0.25) is 0 Å². The Balaban J connectivity index is 2.24. The van der Waals surface area contributed by atoms with E-state index in [1.165, 1.54) is 29.6 Å². The summed E-state index contributed by atoms with van der Waals surface area (Å²) in [6.07, 6.45) is 1.51. The summed E-state index contributed by atoms with van der Waals surface area (Å²) < 4.78 is 4.76. The van der Waals surface area contributed by atoms with Crippen molar-refractivity contribution in [3.63, 3.8) is 0 Å². The van der Waals surface area contributed by atoms with Crippen molar-refractivity contribution in [2.75, 3.05) is 0 Å². The number of nitrogens with zero attached hydrogens (tertiary/aromatic N) is 2. The first-order valence-corrected chi connectivity index (χ1v) is 6.22. The van der Waals surface area contributed by atoms with Crippen LogP contribution < -0.4 is 5.73 Å². The van der Waals surface area contributed by atoms with Gasteiger partial charge in [-0.25, -0.2) is 4.98 Å². The predicted octanol–water partition coefficient (Wildman–Crippen LogP) is 2.63. The molecule has 82 valence electrons. The lowest BCUT2D eigenvalue weighted by Gasteiger charge is -2.03. The van der Waals surface area contributed by atoms with Crippen LogP contribution in [0.25, 0.3) is 0 Å². The van der Waals surface area contributed by atoms with E-state index in [4.69, 9.17) is 22.7 Å². The van der Waals surface area contributed by atoms with E-state index >= 15 is 0 Å². The van der Waals surface area contributed by atoms with Crippen molar-refractivity contribution in [2.45, 2.75) is 9.24 Å². The van der Waals surface area contributed by atoms with Gasteiger partial charge in [0.25, 0.3) is 0 Å². The smallest absolute Gasteiger partial charge is 0.174 e. The number of halogens is 1. The molecule has 0 saturated heterocycles. The Hall–Kier alpha value is -1.11. The molecule has 0 bridgehead atoms. The zero-order chi connectivity index (χ0) is 11.5. The largest absolute Gasteiger partial charge is 0.384 e. The molecule has 0 spiro atoms. The molecule has 0 unspecified atom stereocenters. The topological polar surface area (TPSA) is 75.7 Å². The molecule has 2 rings (SSSR count). The molecule has 0 aliphatic heterocycles. The van der Waals surface area contributed by atoms with Crippen LogP contribution in [0, 0.1) is 5.41 Å². The molecule has 0 saturated carbocycles. The molecule has 1 aromatic heterocycles. The third-order valence-electron chi connectivity index (χ3n) is 1.78. The molecular weight excluding hydrogens is 264 g/mol. The molecule has 7 heteroatoms. The first kappa shape index (κ1) is 11.4. The maximum absolute atomic E-state index is 7.31. The van der Waals surface area contributed by atoms with E-state index in [0.717, 1.165) is 9.24 Å². The average Bonchev–Trinajstić information content (AvgIpc) is 2.70. The fourth-order valence-corrected chi connectivity index (χ4v) is 2.89. The van der Waals surface area contributed by atoms with E-state index in [-0.39, 0.29) is 5.84 Å². The Labute approximate surface area is 106 Å². The molecule has 0 amide bonds. The molecule has 0 aliphatic carbocycles. The van der Waals surface area contributed by atoms with Crippen LogP contribution in [0.4, 0.5) is 0 Å². The van der Waals surface area contributed by atoms with Crippen LogP contribution in [0.3, 0.4) is 0 Å². The zero-order valence-corrected chi connectivity index (χ0v) is 10.4. The lowest BCUT2D eigenvalue weighted by molar-refractivity contribution is 1.21. The molecule has 3 N–H and O–H groups in total. The molecule has 16 heavy (non-hydrogen) atoms. The quantitative estimate of drug-likeness (QED) is 0.664. The zero-order valence-electron chi connectivity index (χ0n) is 7.98. The van der Waals surface area contributed by atoms with E-state index < -0.39 is 0 Å². The minimum atomic E-state index is -0.0301. The van der Waals surface area contributed by atoms with Crippen LogP contribution in [0.15, 0.2) is 33.8 Å². The summed E-state index contributed by atoms with van der Waals surface area (Å²) in [6, 6.07) is 5.35. The normalized spacial score (nSPS) is 10.3. The summed E-state index contributed by atoms with van der Waals surface area (Å²) in [5, 5.41) is 7.78. The Morgan fingerprint density at radius 2 is 2.31 bits per heavy atom. The maximum Gasteiger partial charge on any atom is 0.174 e.